The standard InChI is InChI=1S/C20H23ClN4O3S/c21-18-6-2-3-15(12-18)7-10-29(27,28)25-9-8-24(19(26)14-25)13-16-4-1-5-17(11-16)20(22)23/h1-6,11-12H,7-10,13-14H2,(H3,22,23). The van der Waals surface area contributed by atoms with Crippen LogP contribution in [-0.4, -0.2) is 54.8 Å². The van der Waals surface area contributed by atoms with Crippen molar-refractivity contribution in [3.63, 3.8) is 0 Å². The number of amides is 1. The highest BCUT2D eigenvalue weighted by Crippen LogP contribution is 2.16. The van der Waals surface area contributed by atoms with E-state index in [1.807, 2.05) is 12.1 Å². The number of hydrogen-bond acceptors (Lipinski definition) is 4. The van der Waals surface area contributed by atoms with Crippen LogP contribution < -0.4 is 5.73 Å². The topological polar surface area (TPSA) is 108 Å². The normalized spacial score (nSPS) is 15.5. The number of hydrogen-bond donors (Lipinski definition) is 2. The molecule has 0 saturated carbocycles. The van der Waals surface area contributed by atoms with Gasteiger partial charge in [0.2, 0.25) is 15.9 Å². The summed E-state index contributed by atoms with van der Waals surface area (Å²) in [7, 11) is -3.54. The van der Waals surface area contributed by atoms with E-state index in [2.05, 4.69) is 0 Å². The van der Waals surface area contributed by atoms with E-state index in [1.54, 1.807) is 41.3 Å². The summed E-state index contributed by atoms with van der Waals surface area (Å²) < 4.78 is 26.6. The number of aryl methyl sites for hydroxylation is 1. The fraction of sp³-hybridized carbons (Fsp3) is 0.300. The van der Waals surface area contributed by atoms with Crippen LogP contribution in [0.4, 0.5) is 0 Å². The van der Waals surface area contributed by atoms with Crippen molar-refractivity contribution in [3.05, 3.63) is 70.2 Å². The van der Waals surface area contributed by atoms with Crippen molar-refractivity contribution in [3.8, 4) is 0 Å². The zero-order valence-corrected chi connectivity index (χ0v) is 17.4. The third-order valence-electron chi connectivity index (χ3n) is 4.83. The van der Waals surface area contributed by atoms with Crippen LogP contribution >= 0.6 is 11.6 Å². The Balaban J connectivity index is 1.59. The number of rotatable bonds is 7. The van der Waals surface area contributed by atoms with Crippen LogP contribution in [0.15, 0.2) is 48.5 Å². The smallest absolute Gasteiger partial charge is 0.238 e. The molecule has 1 amide bonds. The molecule has 1 saturated heterocycles. The summed E-state index contributed by atoms with van der Waals surface area (Å²) in [6.07, 6.45) is 0.342. The van der Waals surface area contributed by atoms with Gasteiger partial charge in [-0.2, -0.15) is 4.31 Å². The van der Waals surface area contributed by atoms with Gasteiger partial charge in [-0.05, 0) is 35.7 Å². The molecule has 2 aromatic rings. The van der Waals surface area contributed by atoms with Gasteiger partial charge in [0.1, 0.15) is 5.84 Å². The van der Waals surface area contributed by atoms with Gasteiger partial charge in [-0.25, -0.2) is 8.42 Å². The first-order chi connectivity index (χ1) is 13.7. The second kappa shape index (κ2) is 8.94. The molecule has 1 aliphatic heterocycles. The van der Waals surface area contributed by atoms with E-state index in [0.29, 0.717) is 30.1 Å². The van der Waals surface area contributed by atoms with E-state index in [0.717, 1.165) is 11.1 Å². The molecule has 3 rings (SSSR count). The molecule has 1 fully saturated rings. The second-order valence-corrected chi connectivity index (χ2v) is 9.48. The summed E-state index contributed by atoms with van der Waals surface area (Å²) in [6, 6.07) is 14.2. The third kappa shape index (κ3) is 5.56. The number of sulfonamides is 1. The molecule has 1 aliphatic rings. The minimum absolute atomic E-state index is 0.0335. The quantitative estimate of drug-likeness (QED) is 0.512. The van der Waals surface area contributed by atoms with Gasteiger partial charge in [0.25, 0.3) is 0 Å². The Morgan fingerprint density at radius 2 is 1.83 bits per heavy atom. The molecule has 0 spiro atoms. The predicted molar refractivity (Wildman–Crippen MR) is 113 cm³/mol. The first-order valence-electron chi connectivity index (χ1n) is 9.18. The largest absolute Gasteiger partial charge is 0.384 e. The highest BCUT2D eigenvalue weighted by atomic mass is 35.5. The highest BCUT2D eigenvalue weighted by molar-refractivity contribution is 7.89. The van der Waals surface area contributed by atoms with Crippen LogP contribution in [0.3, 0.4) is 0 Å². The Labute approximate surface area is 175 Å². The number of nitrogen functional groups attached to an aromatic ring is 1. The maximum absolute atomic E-state index is 12.7. The lowest BCUT2D eigenvalue weighted by molar-refractivity contribution is -0.134. The van der Waals surface area contributed by atoms with Crippen molar-refractivity contribution >= 4 is 33.4 Å². The molecule has 0 atom stereocenters. The number of amidine groups is 1. The molecule has 0 aromatic heterocycles. The van der Waals surface area contributed by atoms with Gasteiger partial charge in [-0.15, -0.1) is 0 Å². The molecule has 3 N–H and O–H groups in total. The number of nitrogens with one attached hydrogen (secondary N) is 1. The van der Waals surface area contributed by atoms with Crippen molar-refractivity contribution < 1.29 is 13.2 Å². The summed E-state index contributed by atoms with van der Waals surface area (Å²) in [5.41, 5.74) is 7.80. The number of piperazine rings is 1. The average molecular weight is 435 g/mol. The average Bonchev–Trinajstić information content (AvgIpc) is 2.68. The molecule has 0 unspecified atom stereocenters. The fourth-order valence-corrected chi connectivity index (χ4v) is 4.85. The monoisotopic (exact) mass is 434 g/mol. The van der Waals surface area contributed by atoms with Crippen LogP contribution in [0.2, 0.25) is 5.02 Å². The Morgan fingerprint density at radius 3 is 2.52 bits per heavy atom. The molecule has 0 aliphatic carbocycles. The number of carbonyl (C=O) groups is 1. The van der Waals surface area contributed by atoms with Gasteiger partial charge in [0, 0.05) is 30.2 Å². The van der Waals surface area contributed by atoms with Gasteiger partial charge < -0.3 is 10.6 Å². The molecule has 29 heavy (non-hydrogen) atoms. The van der Waals surface area contributed by atoms with E-state index in [-0.39, 0.29) is 30.6 Å². The van der Waals surface area contributed by atoms with Gasteiger partial charge in [-0.3, -0.25) is 10.2 Å². The number of halogens is 1. The molecule has 154 valence electrons. The minimum Gasteiger partial charge on any atom is -0.384 e. The van der Waals surface area contributed by atoms with Crippen molar-refractivity contribution in [2.24, 2.45) is 5.73 Å². The highest BCUT2D eigenvalue weighted by Gasteiger charge is 2.31. The molecule has 0 radical (unpaired) electrons. The lowest BCUT2D eigenvalue weighted by Gasteiger charge is -2.33. The zero-order chi connectivity index (χ0) is 21.0. The number of carbonyl (C=O) groups excluding carboxylic acids is 1. The maximum Gasteiger partial charge on any atom is 0.238 e. The molecular weight excluding hydrogens is 412 g/mol. The Kier molecular flexibility index (Phi) is 6.56. The van der Waals surface area contributed by atoms with Gasteiger partial charge in [0.15, 0.2) is 0 Å². The summed E-state index contributed by atoms with van der Waals surface area (Å²) in [4.78, 5) is 14.2. The van der Waals surface area contributed by atoms with Crippen molar-refractivity contribution in [1.82, 2.24) is 9.21 Å². The van der Waals surface area contributed by atoms with E-state index in [1.165, 1.54) is 4.31 Å². The van der Waals surface area contributed by atoms with Crippen LogP contribution in [-0.2, 0) is 27.8 Å². The fourth-order valence-electron chi connectivity index (χ4n) is 3.22. The van der Waals surface area contributed by atoms with E-state index in [9.17, 15) is 13.2 Å². The van der Waals surface area contributed by atoms with E-state index >= 15 is 0 Å². The predicted octanol–water partition coefficient (Wildman–Crippen LogP) is 1.84. The number of nitrogens with zero attached hydrogens (tertiary/aromatic N) is 2. The van der Waals surface area contributed by atoms with Gasteiger partial charge in [-0.1, -0.05) is 41.9 Å². The van der Waals surface area contributed by atoms with Crippen molar-refractivity contribution in [1.29, 1.82) is 5.41 Å². The number of benzene rings is 2. The SMILES string of the molecule is N=C(N)c1cccc(CN2CCN(S(=O)(=O)CCc3cccc(Cl)c3)CC2=O)c1. The molecule has 7 nitrogen and oxygen atoms in total. The molecular formula is C20H23ClN4O3S. The van der Waals surface area contributed by atoms with Crippen LogP contribution in [0.5, 0.6) is 0 Å². The first-order valence-corrected chi connectivity index (χ1v) is 11.2. The van der Waals surface area contributed by atoms with Gasteiger partial charge in [0.05, 0.1) is 12.3 Å². The Hall–Kier alpha value is -2.42. The van der Waals surface area contributed by atoms with Crippen LogP contribution in [0.1, 0.15) is 16.7 Å². The Morgan fingerprint density at radius 1 is 1.10 bits per heavy atom. The third-order valence-corrected chi connectivity index (χ3v) is 6.88. The van der Waals surface area contributed by atoms with Crippen molar-refractivity contribution in [2.75, 3.05) is 25.4 Å². The molecule has 2 aromatic carbocycles. The Bertz CT molecular complexity index is 1030. The summed E-state index contributed by atoms with van der Waals surface area (Å²) in [5.74, 6) is -0.342. The van der Waals surface area contributed by atoms with E-state index in [4.69, 9.17) is 22.7 Å². The lowest BCUT2D eigenvalue weighted by Crippen LogP contribution is -2.52. The summed E-state index contributed by atoms with van der Waals surface area (Å²) in [6.45, 7) is 0.774. The summed E-state index contributed by atoms with van der Waals surface area (Å²) >= 11 is 5.94. The van der Waals surface area contributed by atoms with Crippen LogP contribution in [0.25, 0.3) is 0 Å². The zero-order valence-electron chi connectivity index (χ0n) is 15.8. The maximum atomic E-state index is 12.7. The summed E-state index contributed by atoms with van der Waals surface area (Å²) in [5, 5.41) is 8.08. The lowest BCUT2D eigenvalue weighted by atomic mass is 10.1. The van der Waals surface area contributed by atoms with Gasteiger partial charge >= 0.3 is 0 Å². The van der Waals surface area contributed by atoms with Crippen molar-refractivity contribution in [2.45, 2.75) is 13.0 Å². The van der Waals surface area contributed by atoms with Crippen LogP contribution in [0, 0.1) is 5.41 Å². The molecule has 9 heteroatoms. The van der Waals surface area contributed by atoms with E-state index < -0.39 is 10.0 Å². The molecule has 0 bridgehead atoms. The first kappa shape index (κ1) is 21.3. The second-order valence-electron chi connectivity index (χ2n) is 6.96. The number of nitrogens with two attached hydrogens (primary N) is 1. The minimum atomic E-state index is -3.54. The molecule has 1 heterocycles.